The van der Waals surface area contributed by atoms with Gasteiger partial charge >= 0.3 is 0 Å². The zero-order chi connectivity index (χ0) is 33.3. The van der Waals surface area contributed by atoms with Gasteiger partial charge in [-0.2, -0.15) is 0 Å². The van der Waals surface area contributed by atoms with E-state index in [0.717, 1.165) is 27.8 Å². The van der Waals surface area contributed by atoms with Crippen LogP contribution in [0.5, 0.6) is 5.75 Å². The largest absolute Gasteiger partial charge is 0.512 e. The molecule has 0 aromatic heterocycles. The Kier molecular flexibility index (Phi) is 11.4. The Morgan fingerprint density at radius 1 is 0.889 bits per heavy atom. The number of rotatable bonds is 12. The molecule has 3 rings (SSSR count). The minimum absolute atomic E-state index is 0.0277. The van der Waals surface area contributed by atoms with Gasteiger partial charge in [0.15, 0.2) is 0 Å². The zero-order valence-corrected chi connectivity index (χ0v) is 26.3. The fraction of sp³-hybridized carbons (Fsp3) is 0.150. The molecule has 0 amide bonds. The van der Waals surface area contributed by atoms with Crippen LogP contribution in [-0.2, 0) is 5.41 Å². The Labute approximate surface area is 266 Å². The van der Waals surface area contributed by atoms with Gasteiger partial charge in [0.1, 0.15) is 23.4 Å². The smallest absolute Gasteiger partial charge is 0.128 e. The van der Waals surface area contributed by atoms with Crippen LogP contribution in [0.1, 0.15) is 44.4 Å². The van der Waals surface area contributed by atoms with Crippen LogP contribution in [-0.4, -0.2) is 31.6 Å². The number of phenolic OH excluding ortho intramolecular Hbond substituents is 1. The van der Waals surface area contributed by atoms with Crippen LogP contribution in [0, 0.1) is 0 Å². The molecule has 3 aromatic rings. The van der Waals surface area contributed by atoms with Crippen LogP contribution < -0.4 is 0 Å². The van der Waals surface area contributed by atoms with E-state index in [0.29, 0.717) is 16.7 Å². The summed E-state index contributed by atoms with van der Waals surface area (Å²) < 4.78 is 0. The van der Waals surface area contributed by atoms with Crippen molar-refractivity contribution in [2.75, 3.05) is 0 Å². The number of phenols is 1. The summed E-state index contributed by atoms with van der Waals surface area (Å²) in [5.74, 6) is -0.669. The Bertz CT molecular complexity index is 1710. The highest BCUT2D eigenvalue weighted by Crippen LogP contribution is 2.44. The molecule has 5 nitrogen and oxygen atoms in total. The molecule has 0 radical (unpaired) electrons. The zero-order valence-electron chi connectivity index (χ0n) is 26.3. The first-order valence-electron chi connectivity index (χ1n) is 14.6. The van der Waals surface area contributed by atoms with Crippen molar-refractivity contribution in [3.63, 3.8) is 0 Å². The average Bonchev–Trinajstić information content (AvgIpc) is 3.03. The molecule has 0 bridgehead atoms. The van der Waals surface area contributed by atoms with Crippen molar-refractivity contribution in [3.8, 4) is 16.9 Å². The van der Waals surface area contributed by atoms with Gasteiger partial charge in [0, 0.05) is 27.7 Å². The Hall–Kier alpha value is -5.26. The van der Waals surface area contributed by atoms with Crippen molar-refractivity contribution < 1.29 is 25.5 Å². The topological polar surface area (TPSA) is 101 Å². The third kappa shape index (κ3) is 7.46. The molecule has 0 heterocycles. The second-order valence-corrected chi connectivity index (χ2v) is 10.8. The van der Waals surface area contributed by atoms with Gasteiger partial charge in [-0.25, -0.2) is 0 Å². The molecule has 5 heteroatoms. The van der Waals surface area contributed by atoms with Gasteiger partial charge in [-0.1, -0.05) is 111 Å². The summed E-state index contributed by atoms with van der Waals surface area (Å²) in [4.78, 5) is 0. The van der Waals surface area contributed by atoms with E-state index >= 15 is 0 Å². The molecule has 0 aliphatic rings. The highest BCUT2D eigenvalue weighted by atomic mass is 16.3. The highest BCUT2D eigenvalue weighted by Gasteiger charge is 2.34. The second-order valence-electron chi connectivity index (χ2n) is 10.8. The van der Waals surface area contributed by atoms with Crippen molar-refractivity contribution in [2.24, 2.45) is 0 Å². The van der Waals surface area contributed by atoms with Gasteiger partial charge in [0.2, 0.25) is 0 Å². The second kappa shape index (κ2) is 15.0. The number of benzene rings is 3. The Balaban J connectivity index is 2.42. The minimum atomic E-state index is -1.19. The fourth-order valence-corrected chi connectivity index (χ4v) is 5.33. The van der Waals surface area contributed by atoms with Crippen molar-refractivity contribution in [1.29, 1.82) is 0 Å². The van der Waals surface area contributed by atoms with E-state index in [9.17, 15) is 25.5 Å². The van der Waals surface area contributed by atoms with E-state index in [1.165, 1.54) is 26.0 Å². The number of aliphatic hydroxyl groups excluding tert-OH is 4. The summed E-state index contributed by atoms with van der Waals surface area (Å²) in [6.45, 7) is 18.1. The van der Waals surface area contributed by atoms with Crippen molar-refractivity contribution in [1.82, 2.24) is 0 Å². The maximum atomic E-state index is 11.0. The highest BCUT2D eigenvalue weighted by molar-refractivity contribution is 5.80. The summed E-state index contributed by atoms with van der Waals surface area (Å²) in [5.41, 5.74) is 4.73. The SMILES string of the molecule is C=C/C=C\C(=C(\O)C(C)O)c1cc(C(C)(C(/C=C(C(=C)O)/C(C=C)=C(/C)O)=C/C)c2ccc(-c3ccccc3)cc2)ccc1O. The molecule has 0 aliphatic carbocycles. The predicted octanol–water partition coefficient (Wildman–Crippen LogP) is 9.72. The molecule has 0 fully saturated rings. The molecule has 0 saturated carbocycles. The molecular formula is C40H42O5. The molecule has 0 saturated heterocycles. The van der Waals surface area contributed by atoms with E-state index in [2.05, 4.69) is 19.7 Å². The van der Waals surface area contributed by atoms with E-state index < -0.39 is 11.5 Å². The number of aromatic hydroxyl groups is 1. The van der Waals surface area contributed by atoms with Crippen LogP contribution in [0.2, 0.25) is 0 Å². The molecular weight excluding hydrogens is 560 g/mol. The summed E-state index contributed by atoms with van der Waals surface area (Å²) in [5, 5.41) is 53.1. The molecule has 2 unspecified atom stereocenters. The summed E-state index contributed by atoms with van der Waals surface area (Å²) in [7, 11) is 0. The van der Waals surface area contributed by atoms with Gasteiger partial charge in [-0.3, -0.25) is 0 Å². The predicted molar refractivity (Wildman–Crippen MR) is 186 cm³/mol. The quantitative estimate of drug-likeness (QED) is 0.105. The van der Waals surface area contributed by atoms with Crippen LogP contribution in [0.4, 0.5) is 0 Å². The summed E-state index contributed by atoms with van der Waals surface area (Å²) in [6.07, 6.45) is 8.67. The molecule has 5 N–H and O–H groups in total. The lowest BCUT2D eigenvalue weighted by atomic mass is 9.69. The third-order valence-corrected chi connectivity index (χ3v) is 7.89. The molecule has 2 atom stereocenters. The minimum Gasteiger partial charge on any atom is -0.512 e. The lowest BCUT2D eigenvalue weighted by molar-refractivity contribution is 0.171. The lowest BCUT2D eigenvalue weighted by Gasteiger charge is -2.34. The van der Waals surface area contributed by atoms with Crippen LogP contribution in [0.15, 0.2) is 163 Å². The van der Waals surface area contributed by atoms with E-state index in [1.807, 2.05) is 74.5 Å². The lowest BCUT2D eigenvalue weighted by Crippen LogP contribution is -2.26. The first kappa shape index (κ1) is 34.2. The molecule has 0 aliphatic heterocycles. The van der Waals surface area contributed by atoms with E-state index in [4.69, 9.17) is 0 Å². The summed E-state index contributed by atoms with van der Waals surface area (Å²) in [6, 6.07) is 23.3. The monoisotopic (exact) mass is 602 g/mol. The van der Waals surface area contributed by atoms with E-state index in [1.54, 1.807) is 36.4 Å². The van der Waals surface area contributed by atoms with E-state index in [-0.39, 0.29) is 28.6 Å². The average molecular weight is 603 g/mol. The molecule has 0 spiro atoms. The van der Waals surface area contributed by atoms with Crippen LogP contribution in [0.3, 0.4) is 0 Å². The van der Waals surface area contributed by atoms with Crippen LogP contribution in [0.25, 0.3) is 16.7 Å². The fourth-order valence-electron chi connectivity index (χ4n) is 5.33. The van der Waals surface area contributed by atoms with Gasteiger partial charge in [-0.15, -0.1) is 0 Å². The van der Waals surface area contributed by atoms with Crippen LogP contribution >= 0.6 is 0 Å². The van der Waals surface area contributed by atoms with Gasteiger partial charge in [0.25, 0.3) is 0 Å². The normalized spacial score (nSPS) is 15.5. The van der Waals surface area contributed by atoms with Crippen molar-refractivity contribution in [3.05, 3.63) is 180 Å². The number of hydrogen-bond acceptors (Lipinski definition) is 5. The Morgan fingerprint density at radius 3 is 2.00 bits per heavy atom. The number of hydrogen-bond donors (Lipinski definition) is 5. The first-order valence-corrected chi connectivity index (χ1v) is 14.6. The maximum absolute atomic E-state index is 11.0. The standard InChI is InChI=1S/C40H42O5/c1-8-11-17-35(39(45)28(6)43)37-25-33(22-23-38(37)44)40(7,31(9-2)24-36(27(5)42)34(10-3)26(4)41)32-20-18-30(19-21-32)29-15-13-12-14-16-29/h8-25,28,41-45H,1,3,5H2,2,4,6-7H3/b17-11-,31-9+,34-26-,36-24+,39-35-. The number of allylic oxidation sites excluding steroid dienone is 10. The van der Waals surface area contributed by atoms with Crippen molar-refractivity contribution in [2.45, 2.75) is 39.2 Å². The molecule has 45 heavy (non-hydrogen) atoms. The summed E-state index contributed by atoms with van der Waals surface area (Å²) >= 11 is 0. The third-order valence-electron chi connectivity index (χ3n) is 7.89. The maximum Gasteiger partial charge on any atom is 0.128 e. The van der Waals surface area contributed by atoms with Gasteiger partial charge < -0.3 is 25.5 Å². The van der Waals surface area contributed by atoms with Gasteiger partial charge in [-0.05, 0) is 73.7 Å². The molecule has 232 valence electrons. The number of aliphatic hydroxyl groups is 4. The van der Waals surface area contributed by atoms with Crippen molar-refractivity contribution >= 4 is 5.57 Å². The van der Waals surface area contributed by atoms with Gasteiger partial charge in [0.05, 0.1) is 5.76 Å². The molecule has 3 aromatic carbocycles. The Morgan fingerprint density at radius 2 is 1.49 bits per heavy atom. The first-order chi connectivity index (χ1) is 21.4.